The second-order valence-corrected chi connectivity index (χ2v) is 8.03. The molecule has 1 atom stereocenters. The van der Waals surface area contributed by atoms with Gasteiger partial charge in [0.15, 0.2) is 0 Å². The lowest BCUT2D eigenvalue weighted by molar-refractivity contribution is 0.0953. The van der Waals surface area contributed by atoms with Crippen LogP contribution in [0.2, 0.25) is 0 Å². The Balaban J connectivity index is 1.42. The van der Waals surface area contributed by atoms with Crippen molar-refractivity contribution < 1.29 is 4.79 Å². The van der Waals surface area contributed by atoms with Gasteiger partial charge in [-0.3, -0.25) is 9.69 Å². The number of amides is 1. The third-order valence-corrected chi connectivity index (χ3v) is 5.37. The van der Waals surface area contributed by atoms with Crippen molar-refractivity contribution in [3.05, 3.63) is 70.8 Å². The molecule has 1 saturated heterocycles. The van der Waals surface area contributed by atoms with E-state index in [0.717, 1.165) is 30.9 Å². The van der Waals surface area contributed by atoms with Crippen molar-refractivity contribution in [3.63, 3.8) is 0 Å². The first kappa shape index (κ1) is 19.6. The molecule has 0 aliphatic carbocycles. The molecule has 1 amide bonds. The number of carbonyl (C=O) groups is 1. The Labute approximate surface area is 163 Å². The number of aryl methyl sites for hydroxylation is 2. The molecule has 0 radical (unpaired) electrons. The fourth-order valence-electron chi connectivity index (χ4n) is 3.91. The monoisotopic (exact) mass is 364 g/mol. The summed E-state index contributed by atoms with van der Waals surface area (Å²) < 4.78 is 0. The molecule has 0 aromatic heterocycles. The maximum Gasteiger partial charge on any atom is 0.251 e. The van der Waals surface area contributed by atoms with E-state index in [2.05, 4.69) is 60.5 Å². The second kappa shape index (κ2) is 9.70. The van der Waals surface area contributed by atoms with Crippen molar-refractivity contribution in [2.45, 2.75) is 46.1 Å². The van der Waals surface area contributed by atoms with Crippen LogP contribution in [0, 0.1) is 12.8 Å². The molecule has 3 nitrogen and oxygen atoms in total. The summed E-state index contributed by atoms with van der Waals surface area (Å²) in [6.45, 7) is 8.51. The van der Waals surface area contributed by atoms with Gasteiger partial charge in [0.1, 0.15) is 0 Å². The van der Waals surface area contributed by atoms with Crippen molar-refractivity contribution >= 4 is 5.91 Å². The molecule has 1 aliphatic heterocycles. The van der Waals surface area contributed by atoms with E-state index in [9.17, 15) is 4.79 Å². The van der Waals surface area contributed by atoms with Gasteiger partial charge in [-0.25, -0.2) is 0 Å². The average Bonchev–Trinajstić information content (AvgIpc) is 2.66. The number of nitrogens with one attached hydrogen (secondary N) is 1. The molecule has 3 rings (SSSR count). The summed E-state index contributed by atoms with van der Waals surface area (Å²) >= 11 is 0. The molecule has 1 fully saturated rings. The number of nitrogens with zero attached hydrogens (tertiary/aromatic N) is 1. The van der Waals surface area contributed by atoms with Crippen LogP contribution in [0.5, 0.6) is 0 Å². The third-order valence-electron chi connectivity index (χ3n) is 5.37. The normalized spacial score (nSPS) is 17.6. The van der Waals surface area contributed by atoms with Gasteiger partial charge in [0.2, 0.25) is 0 Å². The average molecular weight is 365 g/mol. The molecule has 1 aliphatic rings. The zero-order valence-electron chi connectivity index (χ0n) is 16.7. The molecule has 0 saturated carbocycles. The molecule has 2 aromatic rings. The Morgan fingerprint density at radius 2 is 1.96 bits per heavy atom. The predicted molar refractivity (Wildman–Crippen MR) is 112 cm³/mol. The summed E-state index contributed by atoms with van der Waals surface area (Å²) in [6, 6.07) is 16.7. The smallest absolute Gasteiger partial charge is 0.251 e. The minimum atomic E-state index is 0.0254. The first-order valence-corrected chi connectivity index (χ1v) is 10.3. The van der Waals surface area contributed by atoms with E-state index in [-0.39, 0.29) is 5.91 Å². The van der Waals surface area contributed by atoms with Crippen molar-refractivity contribution in [1.29, 1.82) is 0 Å². The van der Waals surface area contributed by atoms with E-state index in [0.29, 0.717) is 6.54 Å². The quantitative estimate of drug-likeness (QED) is 0.729. The van der Waals surface area contributed by atoms with Crippen molar-refractivity contribution in [3.8, 4) is 0 Å². The van der Waals surface area contributed by atoms with Gasteiger partial charge >= 0.3 is 0 Å². The number of hydrogen-bond donors (Lipinski definition) is 1. The topological polar surface area (TPSA) is 32.3 Å². The van der Waals surface area contributed by atoms with E-state index >= 15 is 0 Å². The summed E-state index contributed by atoms with van der Waals surface area (Å²) in [5, 5.41) is 3.04. The van der Waals surface area contributed by atoms with Gasteiger partial charge in [-0.05, 0) is 68.3 Å². The lowest BCUT2D eigenvalue weighted by atomic mass is 9.99. The number of benzene rings is 2. The van der Waals surface area contributed by atoms with Crippen LogP contribution in [0.15, 0.2) is 48.5 Å². The lowest BCUT2D eigenvalue weighted by Gasteiger charge is -2.30. The van der Waals surface area contributed by atoms with Crippen LogP contribution in [0.25, 0.3) is 0 Å². The fourth-order valence-corrected chi connectivity index (χ4v) is 3.91. The zero-order chi connectivity index (χ0) is 19.1. The molecular weight excluding hydrogens is 332 g/mol. The number of likely N-dealkylation sites (tertiary alicyclic amines) is 1. The SMILES string of the molecule is Cc1cccc(CCCNC(=O)c2ccc(CN3CCCC(C)C3)cc2)c1. The van der Waals surface area contributed by atoms with Crippen LogP contribution in [-0.4, -0.2) is 30.4 Å². The molecular formula is C24H32N2O. The van der Waals surface area contributed by atoms with Gasteiger partial charge in [0.05, 0.1) is 0 Å². The van der Waals surface area contributed by atoms with Crippen molar-refractivity contribution in [1.82, 2.24) is 10.2 Å². The molecule has 144 valence electrons. The van der Waals surface area contributed by atoms with Gasteiger partial charge in [0.25, 0.3) is 5.91 Å². The maximum atomic E-state index is 12.3. The largest absolute Gasteiger partial charge is 0.352 e. The Morgan fingerprint density at radius 1 is 1.15 bits per heavy atom. The lowest BCUT2D eigenvalue weighted by Crippen LogP contribution is -2.33. The molecule has 3 heteroatoms. The van der Waals surface area contributed by atoms with Crippen LogP contribution in [0.1, 0.15) is 53.2 Å². The molecule has 27 heavy (non-hydrogen) atoms. The Hall–Kier alpha value is -2.13. The minimum absolute atomic E-state index is 0.0254. The first-order chi connectivity index (χ1) is 13.1. The van der Waals surface area contributed by atoms with E-state index in [1.54, 1.807) is 0 Å². The zero-order valence-corrected chi connectivity index (χ0v) is 16.7. The van der Waals surface area contributed by atoms with E-state index in [1.165, 1.54) is 42.6 Å². The Kier molecular flexibility index (Phi) is 7.05. The standard InChI is InChI=1S/C24H32N2O/c1-19-6-3-8-21(16-19)9-4-14-25-24(27)23-12-10-22(11-13-23)18-26-15-5-7-20(2)17-26/h3,6,8,10-13,16,20H,4-5,7,9,14-15,17-18H2,1-2H3,(H,25,27). The highest BCUT2D eigenvalue weighted by molar-refractivity contribution is 5.94. The third kappa shape index (κ3) is 6.21. The first-order valence-electron chi connectivity index (χ1n) is 10.3. The fraction of sp³-hybridized carbons (Fsp3) is 0.458. The number of carbonyl (C=O) groups excluding carboxylic acids is 1. The number of piperidine rings is 1. The van der Waals surface area contributed by atoms with Crippen molar-refractivity contribution in [2.24, 2.45) is 5.92 Å². The summed E-state index contributed by atoms with van der Waals surface area (Å²) in [4.78, 5) is 14.9. The van der Waals surface area contributed by atoms with Crippen LogP contribution in [0.4, 0.5) is 0 Å². The molecule has 0 bridgehead atoms. The van der Waals surface area contributed by atoms with Crippen LogP contribution >= 0.6 is 0 Å². The number of hydrogen-bond acceptors (Lipinski definition) is 2. The van der Waals surface area contributed by atoms with Gasteiger partial charge in [0, 0.05) is 25.2 Å². The highest BCUT2D eigenvalue weighted by atomic mass is 16.1. The Bertz CT molecular complexity index is 738. The summed E-state index contributed by atoms with van der Waals surface area (Å²) in [5.41, 5.74) is 4.66. The highest BCUT2D eigenvalue weighted by Gasteiger charge is 2.16. The predicted octanol–water partition coefficient (Wildman–Crippen LogP) is 4.59. The van der Waals surface area contributed by atoms with Gasteiger partial charge in [-0.1, -0.05) is 48.9 Å². The minimum Gasteiger partial charge on any atom is -0.352 e. The molecule has 2 aromatic carbocycles. The van der Waals surface area contributed by atoms with Crippen LogP contribution < -0.4 is 5.32 Å². The summed E-state index contributed by atoms with van der Waals surface area (Å²) in [7, 11) is 0. The molecule has 0 spiro atoms. The highest BCUT2D eigenvalue weighted by Crippen LogP contribution is 2.18. The summed E-state index contributed by atoms with van der Waals surface area (Å²) in [5.74, 6) is 0.820. The van der Waals surface area contributed by atoms with Gasteiger partial charge in [-0.2, -0.15) is 0 Å². The second-order valence-electron chi connectivity index (χ2n) is 8.03. The molecule has 1 unspecified atom stereocenters. The van der Waals surface area contributed by atoms with Crippen LogP contribution in [0.3, 0.4) is 0 Å². The molecule has 1 heterocycles. The van der Waals surface area contributed by atoms with Gasteiger partial charge in [-0.15, -0.1) is 0 Å². The van der Waals surface area contributed by atoms with Crippen molar-refractivity contribution in [2.75, 3.05) is 19.6 Å². The maximum absolute atomic E-state index is 12.3. The molecule has 1 N–H and O–H groups in total. The van der Waals surface area contributed by atoms with E-state index < -0.39 is 0 Å². The number of rotatable bonds is 7. The Morgan fingerprint density at radius 3 is 2.70 bits per heavy atom. The van der Waals surface area contributed by atoms with E-state index in [4.69, 9.17) is 0 Å². The van der Waals surface area contributed by atoms with E-state index in [1.807, 2.05) is 12.1 Å². The van der Waals surface area contributed by atoms with Crippen LogP contribution in [-0.2, 0) is 13.0 Å². The summed E-state index contributed by atoms with van der Waals surface area (Å²) in [6.07, 6.45) is 4.60. The van der Waals surface area contributed by atoms with Gasteiger partial charge < -0.3 is 5.32 Å².